The molecule has 0 radical (unpaired) electrons. The number of hydrogen-bond acceptors (Lipinski definition) is 3. The van der Waals surface area contributed by atoms with Gasteiger partial charge in [-0.15, -0.1) is 0 Å². The van der Waals surface area contributed by atoms with Crippen molar-refractivity contribution in [2.75, 3.05) is 18.0 Å². The van der Waals surface area contributed by atoms with Crippen molar-refractivity contribution < 1.29 is 0 Å². The third-order valence-electron chi connectivity index (χ3n) is 3.48. The molecule has 1 aromatic rings. The minimum atomic E-state index is 0.491. The molecule has 0 amide bonds. The zero-order chi connectivity index (χ0) is 12.3. The van der Waals surface area contributed by atoms with E-state index in [1.807, 2.05) is 18.3 Å². The molecule has 3 nitrogen and oxygen atoms in total. The van der Waals surface area contributed by atoms with E-state index in [4.69, 9.17) is 11.6 Å². The summed E-state index contributed by atoms with van der Waals surface area (Å²) in [5, 5.41) is 4.33. The second-order valence-corrected chi connectivity index (χ2v) is 4.94. The molecule has 1 N–H and O–H groups in total. The largest absolute Gasteiger partial charge is 0.350 e. The van der Waals surface area contributed by atoms with E-state index >= 15 is 0 Å². The fourth-order valence-electron chi connectivity index (χ4n) is 2.35. The van der Waals surface area contributed by atoms with Crippen LogP contribution in [-0.4, -0.2) is 30.2 Å². The molecule has 4 heteroatoms. The highest BCUT2D eigenvalue weighted by molar-refractivity contribution is 6.32. The maximum atomic E-state index is 6.25. The Balaban J connectivity index is 2.23. The lowest BCUT2D eigenvalue weighted by Gasteiger charge is -2.41. The van der Waals surface area contributed by atoms with Crippen molar-refractivity contribution in [1.82, 2.24) is 10.3 Å². The monoisotopic (exact) mass is 253 g/mol. The summed E-state index contributed by atoms with van der Waals surface area (Å²) in [4.78, 5) is 6.79. The van der Waals surface area contributed by atoms with Gasteiger partial charge in [0.1, 0.15) is 5.82 Å². The van der Waals surface area contributed by atoms with Crippen LogP contribution in [0.15, 0.2) is 18.3 Å². The smallest absolute Gasteiger partial charge is 0.147 e. The second-order valence-electron chi connectivity index (χ2n) is 4.54. The van der Waals surface area contributed by atoms with E-state index in [1.54, 1.807) is 0 Å². The van der Waals surface area contributed by atoms with E-state index in [9.17, 15) is 0 Å². The molecule has 2 rings (SSSR count). The van der Waals surface area contributed by atoms with Gasteiger partial charge in [0.15, 0.2) is 0 Å². The van der Waals surface area contributed by atoms with Crippen LogP contribution in [0.5, 0.6) is 0 Å². The van der Waals surface area contributed by atoms with Gasteiger partial charge in [-0.05, 0) is 25.0 Å². The number of anilines is 1. The molecule has 0 spiro atoms. The minimum Gasteiger partial charge on any atom is -0.350 e. The van der Waals surface area contributed by atoms with Crippen molar-refractivity contribution in [2.45, 2.75) is 38.8 Å². The zero-order valence-corrected chi connectivity index (χ0v) is 11.2. The van der Waals surface area contributed by atoms with E-state index in [0.29, 0.717) is 12.1 Å². The first-order valence-electron chi connectivity index (χ1n) is 6.36. The van der Waals surface area contributed by atoms with Crippen LogP contribution in [-0.2, 0) is 0 Å². The highest BCUT2D eigenvalue weighted by atomic mass is 35.5. The lowest BCUT2D eigenvalue weighted by atomic mass is 10.1. The molecule has 1 aliphatic rings. The van der Waals surface area contributed by atoms with Crippen LogP contribution in [0, 0.1) is 0 Å². The second kappa shape index (κ2) is 5.69. The minimum absolute atomic E-state index is 0.491. The van der Waals surface area contributed by atoms with Crippen LogP contribution < -0.4 is 10.2 Å². The fraction of sp³-hybridized carbons (Fsp3) is 0.615. The molecule has 1 aromatic heterocycles. The van der Waals surface area contributed by atoms with Crippen LogP contribution in [0.1, 0.15) is 26.7 Å². The quantitative estimate of drug-likeness (QED) is 0.898. The van der Waals surface area contributed by atoms with Gasteiger partial charge in [-0.25, -0.2) is 4.98 Å². The number of rotatable bonds is 3. The molecule has 0 bridgehead atoms. The molecule has 17 heavy (non-hydrogen) atoms. The van der Waals surface area contributed by atoms with Gasteiger partial charge in [0.2, 0.25) is 0 Å². The molecule has 1 fully saturated rings. The van der Waals surface area contributed by atoms with Gasteiger partial charge in [-0.3, -0.25) is 0 Å². The third-order valence-corrected chi connectivity index (χ3v) is 3.77. The fourth-order valence-corrected chi connectivity index (χ4v) is 2.58. The Morgan fingerprint density at radius 2 is 2.29 bits per heavy atom. The third kappa shape index (κ3) is 2.72. The molecule has 1 aliphatic heterocycles. The van der Waals surface area contributed by atoms with Crippen LogP contribution in [0.25, 0.3) is 0 Å². The Hall–Kier alpha value is -0.800. The molecule has 0 saturated carbocycles. The first kappa shape index (κ1) is 12.7. The molecule has 94 valence electrons. The Bertz CT molecular complexity index is 369. The summed E-state index contributed by atoms with van der Waals surface area (Å²) in [6.45, 7) is 6.43. The first-order chi connectivity index (χ1) is 8.26. The molecule has 2 heterocycles. The SMILES string of the molecule is CCC1CN(c2ncccc2Cl)C(CC)CN1. The molecule has 2 atom stereocenters. The topological polar surface area (TPSA) is 28.2 Å². The predicted molar refractivity (Wildman–Crippen MR) is 72.8 cm³/mol. The van der Waals surface area contributed by atoms with Gasteiger partial charge in [0.25, 0.3) is 0 Å². The maximum absolute atomic E-state index is 6.25. The Morgan fingerprint density at radius 3 is 2.94 bits per heavy atom. The lowest BCUT2D eigenvalue weighted by molar-refractivity contribution is 0.377. The van der Waals surface area contributed by atoms with Crippen molar-refractivity contribution in [1.29, 1.82) is 0 Å². The number of hydrogen-bond donors (Lipinski definition) is 1. The summed E-state index contributed by atoms with van der Waals surface area (Å²) in [6, 6.07) is 4.83. The van der Waals surface area contributed by atoms with Crippen LogP contribution in [0.3, 0.4) is 0 Å². The van der Waals surface area contributed by atoms with Crippen LogP contribution >= 0.6 is 11.6 Å². The van der Waals surface area contributed by atoms with E-state index in [2.05, 4.69) is 29.0 Å². The van der Waals surface area contributed by atoms with Crippen LogP contribution in [0.4, 0.5) is 5.82 Å². The highest BCUT2D eigenvalue weighted by Gasteiger charge is 2.27. The van der Waals surface area contributed by atoms with Crippen LogP contribution in [0.2, 0.25) is 5.02 Å². The van der Waals surface area contributed by atoms with E-state index in [1.165, 1.54) is 0 Å². The summed E-state index contributed by atoms with van der Waals surface area (Å²) in [7, 11) is 0. The number of aromatic nitrogens is 1. The van der Waals surface area contributed by atoms with Gasteiger partial charge >= 0.3 is 0 Å². The standard InChI is InChI=1S/C13H20ClN3/c1-3-10-9-17(11(4-2)8-16-10)13-12(14)6-5-7-15-13/h5-7,10-11,16H,3-4,8-9H2,1-2H3. The summed E-state index contributed by atoms with van der Waals surface area (Å²) in [6.07, 6.45) is 4.06. The molecular formula is C13H20ClN3. The predicted octanol–water partition coefficient (Wildman–Crippen LogP) is 2.70. The Kier molecular flexibility index (Phi) is 4.24. The van der Waals surface area contributed by atoms with E-state index in [-0.39, 0.29) is 0 Å². The molecular weight excluding hydrogens is 234 g/mol. The van der Waals surface area contributed by atoms with Crippen molar-refractivity contribution in [3.05, 3.63) is 23.4 Å². The van der Waals surface area contributed by atoms with Gasteiger partial charge < -0.3 is 10.2 Å². The van der Waals surface area contributed by atoms with E-state index < -0.39 is 0 Å². The van der Waals surface area contributed by atoms with Crippen molar-refractivity contribution in [3.8, 4) is 0 Å². The number of piperazine rings is 1. The molecule has 0 aliphatic carbocycles. The summed E-state index contributed by atoms with van der Waals surface area (Å²) in [5.41, 5.74) is 0. The zero-order valence-electron chi connectivity index (χ0n) is 10.5. The molecule has 2 unspecified atom stereocenters. The highest BCUT2D eigenvalue weighted by Crippen LogP contribution is 2.26. The number of pyridine rings is 1. The Labute approximate surface area is 108 Å². The summed E-state index contributed by atoms with van der Waals surface area (Å²) in [5.74, 6) is 0.931. The molecule has 0 aromatic carbocycles. The molecule has 1 saturated heterocycles. The maximum Gasteiger partial charge on any atom is 0.147 e. The van der Waals surface area contributed by atoms with Gasteiger partial charge in [0.05, 0.1) is 5.02 Å². The number of halogens is 1. The average Bonchev–Trinajstić information content (AvgIpc) is 2.38. The number of nitrogens with zero attached hydrogens (tertiary/aromatic N) is 2. The van der Waals surface area contributed by atoms with Crippen molar-refractivity contribution in [3.63, 3.8) is 0 Å². The average molecular weight is 254 g/mol. The van der Waals surface area contributed by atoms with Gasteiger partial charge in [-0.1, -0.05) is 25.4 Å². The Morgan fingerprint density at radius 1 is 1.47 bits per heavy atom. The lowest BCUT2D eigenvalue weighted by Crippen LogP contribution is -2.56. The first-order valence-corrected chi connectivity index (χ1v) is 6.74. The van der Waals surface area contributed by atoms with Crippen molar-refractivity contribution >= 4 is 17.4 Å². The normalized spacial score (nSPS) is 25.0. The summed E-state index contributed by atoms with van der Waals surface area (Å²) >= 11 is 6.25. The number of nitrogens with one attached hydrogen (secondary N) is 1. The summed E-state index contributed by atoms with van der Waals surface area (Å²) < 4.78 is 0. The van der Waals surface area contributed by atoms with E-state index in [0.717, 1.165) is 36.8 Å². The van der Waals surface area contributed by atoms with Gasteiger partial charge in [-0.2, -0.15) is 0 Å². The van der Waals surface area contributed by atoms with Crippen molar-refractivity contribution in [2.24, 2.45) is 0 Å². The van der Waals surface area contributed by atoms with Gasteiger partial charge in [0, 0.05) is 31.4 Å².